The van der Waals surface area contributed by atoms with Crippen molar-refractivity contribution in [2.45, 2.75) is 44.1 Å². The highest BCUT2D eigenvalue weighted by Crippen LogP contribution is 2.30. The normalized spacial score (nSPS) is 13.0. The third-order valence-electron chi connectivity index (χ3n) is 4.24. The maximum absolute atomic E-state index is 12.1. The smallest absolute Gasteiger partial charge is 0.251 e. The van der Waals surface area contributed by atoms with Crippen molar-refractivity contribution in [3.63, 3.8) is 0 Å². The Morgan fingerprint density at radius 2 is 1.74 bits per heavy atom. The van der Waals surface area contributed by atoms with Crippen LogP contribution in [0.3, 0.4) is 0 Å². The molecule has 4 heteroatoms. The maximum atomic E-state index is 12.1. The predicted molar refractivity (Wildman–Crippen MR) is 105 cm³/mol. The number of nitrogens with one attached hydrogen (secondary N) is 1. The number of rotatable bonds is 4. The molecule has 1 aliphatic rings. The average molecular weight is 347 g/mol. The number of aromatic amines is 1. The summed E-state index contributed by atoms with van der Waals surface area (Å²) in [5, 5.41) is 1.11. The molecule has 0 fully saturated rings. The van der Waals surface area contributed by atoms with E-state index in [4.69, 9.17) is 0 Å². The fourth-order valence-electron chi connectivity index (χ4n) is 3.02. The van der Waals surface area contributed by atoms with Crippen LogP contribution in [0.1, 0.15) is 35.1 Å². The van der Waals surface area contributed by atoms with Crippen LogP contribution in [0.4, 0.5) is 0 Å². The number of aromatic nitrogens is 1. The molecule has 23 heavy (non-hydrogen) atoms. The van der Waals surface area contributed by atoms with Gasteiger partial charge in [0, 0.05) is 11.3 Å². The fraction of sp³-hybridized carbons (Fsp3) is 0.421. The van der Waals surface area contributed by atoms with Crippen molar-refractivity contribution in [3.05, 3.63) is 62.9 Å². The zero-order valence-electron chi connectivity index (χ0n) is 14.0. The van der Waals surface area contributed by atoms with Crippen LogP contribution in [0.15, 0.2) is 40.2 Å². The van der Waals surface area contributed by atoms with Crippen molar-refractivity contribution < 1.29 is 0 Å². The number of fused-ring (bicyclic) bond motifs is 1. The molecule has 1 aliphatic carbocycles. The Morgan fingerprint density at radius 3 is 2.43 bits per heavy atom. The van der Waals surface area contributed by atoms with Crippen LogP contribution in [-0.4, -0.2) is 17.4 Å². The number of aryl methyl sites for hydroxylation is 1. The molecule has 0 radical (unpaired) electrons. The van der Waals surface area contributed by atoms with Crippen LogP contribution in [-0.2, 0) is 19.3 Å². The lowest BCUT2D eigenvalue weighted by Crippen LogP contribution is -2.19. The summed E-state index contributed by atoms with van der Waals surface area (Å²) in [5.74, 6) is 1.01. The molecule has 0 saturated heterocycles. The number of pyridine rings is 1. The number of hydrogen-bond acceptors (Lipinski definition) is 2. The summed E-state index contributed by atoms with van der Waals surface area (Å²) >= 11 is 1.80. The molecule has 3 rings (SSSR count). The molecule has 1 aromatic heterocycles. The van der Waals surface area contributed by atoms with Gasteiger partial charge in [0.05, 0.1) is 5.03 Å². The fourth-order valence-corrected chi connectivity index (χ4v) is 4.12. The number of thioether (sulfide) groups is 1. The third kappa shape index (κ3) is 4.71. The first-order valence-electron chi connectivity index (χ1n) is 8.25. The van der Waals surface area contributed by atoms with E-state index in [-0.39, 0.29) is 5.56 Å². The first-order chi connectivity index (χ1) is 11.3. The van der Waals surface area contributed by atoms with Gasteiger partial charge in [-0.3, -0.25) is 4.79 Å². The van der Waals surface area contributed by atoms with Crippen LogP contribution in [0.25, 0.3) is 0 Å². The topological polar surface area (TPSA) is 32.9 Å². The van der Waals surface area contributed by atoms with Gasteiger partial charge in [-0.25, -0.2) is 0 Å². The minimum Gasteiger partial charge on any atom is -0.317 e. The molecule has 0 aliphatic heterocycles. The Balaban J connectivity index is 0.000000924. The lowest BCUT2D eigenvalue weighted by Gasteiger charge is -2.20. The third-order valence-corrected chi connectivity index (χ3v) is 5.29. The van der Waals surface area contributed by atoms with E-state index < -0.39 is 0 Å². The van der Waals surface area contributed by atoms with E-state index in [1.54, 1.807) is 11.8 Å². The molecule has 1 atom stereocenters. The molecule has 1 N–H and O–H groups in total. The van der Waals surface area contributed by atoms with E-state index in [2.05, 4.69) is 38.5 Å². The molecule has 0 spiro atoms. The van der Waals surface area contributed by atoms with Gasteiger partial charge in [0.15, 0.2) is 0 Å². The predicted octanol–water partition coefficient (Wildman–Crippen LogP) is 4.39. The number of hydrogen-bond donors (Lipinski definition) is 1. The lowest BCUT2D eigenvalue weighted by molar-refractivity contribution is 0.660. The Labute approximate surface area is 145 Å². The summed E-state index contributed by atoms with van der Waals surface area (Å²) in [6.07, 6.45) is 5.67. The summed E-state index contributed by atoms with van der Waals surface area (Å²) in [6, 6.07) is 10.5. The standard InChI is InChI=1S/C18H21NOS.CH5P/c1-13-15-9-5-6-10-16(15)18(19-17(13)20)21-12-11-14-7-3-2-4-8-14;1-2/h2-4,7-8H,5-6,9-12H2,1H3,(H,19,20);2H2,1H3. The Kier molecular flexibility index (Phi) is 7.39. The molecule has 2 nitrogen and oxygen atoms in total. The van der Waals surface area contributed by atoms with Gasteiger partial charge in [0.25, 0.3) is 5.56 Å². The minimum atomic E-state index is 0.0952. The van der Waals surface area contributed by atoms with Crippen LogP contribution in [0.2, 0.25) is 0 Å². The summed E-state index contributed by atoms with van der Waals surface area (Å²) in [7, 11) is 2.42. The summed E-state index contributed by atoms with van der Waals surface area (Å²) in [4.78, 5) is 15.2. The van der Waals surface area contributed by atoms with Crippen LogP contribution < -0.4 is 5.56 Å². The molecule has 2 aromatic rings. The highest BCUT2D eigenvalue weighted by molar-refractivity contribution is 7.99. The quantitative estimate of drug-likeness (QED) is 0.657. The second-order valence-corrected chi connectivity index (χ2v) is 6.76. The number of H-pyrrole nitrogens is 1. The van der Waals surface area contributed by atoms with Gasteiger partial charge < -0.3 is 4.98 Å². The van der Waals surface area contributed by atoms with Crippen molar-refractivity contribution in [2.24, 2.45) is 0 Å². The summed E-state index contributed by atoms with van der Waals surface area (Å²) < 4.78 is 0. The van der Waals surface area contributed by atoms with Crippen molar-refractivity contribution in [1.82, 2.24) is 4.98 Å². The molecule has 124 valence electrons. The second-order valence-electron chi connectivity index (χ2n) is 5.66. The Morgan fingerprint density at radius 1 is 1.09 bits per heavy atom. The molecular weight excluding hydrogens is 321 g/mol. The summed E-state index contributed by atoms with van der Waals surface area (Å²) in [5.41, 5.74) is 5.09. The van der Waals surface area contributed by atoms with Crippen molar-refractivity contribution in [1.29, 1.82) is 0 Å². The van der Waals surface area contributed by atoms with Gasteiger partial charge >= 0.3 is 0 Å². The van der Waals surface area contributed by atoms with E-state index >= 15 is 0 Å². The van der Waals surface area contributed by atoms with E-state index in [9.17, 15) is 4.79 Å². The van der Waals surface area contributed by atoms with Crippen LogP contribution >= 0.6 is 21.0 Å². The average Bonchev–Trinajstić information content (AvgIpc) is 2.62. The van der Waals surface area contributed by atoms with Gasteiger partial charge in [0.2, 0.25) is 0 Å². The van der Waals surface area contributed by atoms with E-state index in [1.807, 2.05) is 19.7 Å². The lowest BCUT2D eigenvalue weighted by atomic mass is 9.90. The van der Waals surface area contributed by atoms with Gasteiger partial charge in [-0.05, 0) is 55.7 Å². The molecule has 1 unspecified atom stereocenters. The molecule has 1 heterocycles. The Hall–Kier alpha value is -1.05. The van der Waals surface area contributed by atoms with Gasteiger partial charge in [0.1, 0.15) is 0 Å². The molecule has 0 amide bonds. The maximum Gasteiger partial charge on any atom is 0.251 e. The highest BCUT2D eigenvalue weighted by Gasteiger charge is 2.18. The van der Waals surface area contributed by atoms with Gasteiger partial charge in [-0.2, -0.15) is 0 Å². The van der Waals surface area contributed by atoms with Crippen LogP contribution in [0, 0.1) is 6.92 Å². The van der Waals surface area contributed by atoms with E-state index in [1.165, 1.54) is 29.5 Å². The summed E-state index contributed by atoms with van der Waals surface area (Å²) in [6.45, 7) is 3.88. The molecule has 0 bridgehead atoms. The van der Waals surface area contributed by atoms with E-state index in [0.29, 0.717) is 0 Å². The van der Waals surface area contributed by atoms with Gasteiger partial charge in [-0.15, -0.1) is 21.0 Å². The SMILES string of the molecule is CP.Cc1c2c(c(SCCc3ccccc3)[nH]c1=O)CCCC2. The Bertz CT molecular complexity index is 682. The largest absolute Gasteiger partial charge is 0.317 e. The molecule has 1 aromatic carbocycles. The van der Waals surface area contributed by atoms with Crippen molar-refractivity contribution in [3.8, 4) is 0 Å². The first-order valence-corrected chi connectivity index (χ1v) is 10.4. The van der Waals surface area contributed by atoms with Gasteiger partial charge in [-0.1, -0.05) is 37.0 Å². The van der Waals surface area contributed by atoms with E-state index in [0.717, 1.165) is 35.6 Å². The molecule has 0 saturated carbocycles. The molecular formula is C19H26NOPS. The van der Waals surface area contributed by atoms with Crippen molar-refractivity contribution >= 4 is 21.0 Å². The monoisotopic (exact) mass is 347 g/mol. The first kappa shape index (κ1) is 18.3. The second kappa shape index (κ2) is 9.30. The number of benzene rings is 1. The zero-order valence-corrected chi connectivity index (χ0v) is 16.0. The van der Waals surface area contributed by atoms with Crippen molar-refractivity contribution in [2.75, 3.05) is 12.4 Å². The highest BCUT2D eigenvalue weighted by atomic mass is 32.2. The minimum absolute atomic E-state index is 0.0952. The van der Waals surface area contributed by atoms with Crippen LogP contribution in [0.5, 0.6) is 0 Å². The zero-order chi connectivity index (χ0) is 16.7.